The Kier molecular flexibility index (Phi) is 11.3. The van der Waals surface area contributed by atoms with E-state index in [-0.39, 0.29) is 29.7 Å². The quantitative estimate of drug-likeness (QED) is 0.132. The van der Waals surface area contributed by atoms with Crippen LogP contribution in [0.2, 0.25) is 0 Å². The topological polar surface area (TPSA) is 88.8 Å². The molecule has 0 saturated heterocycles. The summed E-state index contributed by atoms with van der Waals surface area (Å²) in [7, 11) is 1.64. The highest BCUT2D eigenvalue weighted by molar-refractivity contribution is 14.0. The second-order valence-corrected chi connectivity index (χ2v) is 6.70. The molecule has 0 saturated carbocycles. The fourth-order valence-corrected chi connectivity index (χ4v) is 2.57. The van der Waals surface area contributed by atoms with Crippen LogP contribution >= 0.6 is 35.7 Å². The van der Waals surface area contributed by atoms with Gasteiger partial charge >= 0.3 is 0 Å². The zero-order chi connectivity index (χ0) is 19.5. The van der Waals surface area contributed by atoms with Crippen molar-refractivity contribution >= 4 is 47.4 Å². The number of methoxy groups -OCH3 is 1. The second-order valence-electron chi connectivity index (χ2n) is 5.71. The number of nitrogens with one attached hydrogen (secondary N) is 2. The summed E-state index contributed by atoms with van der Waals surface area (Å²) in [4.78, 5) is 15.0. The lowest BCUT2D eigenvalue weighted by Gasteiger charge is -2.12. The van der Waals surface area contributed by atoms with Gasteiger partial charge in [0.1, 0.15) is 5.75 Å². The normalized spacial score (nSPS) is 10.7. The predicted molar refractivity (Wildman–Crippen MR) is 126 cm³/mol. The van der Waals surface area contributed by atoms with Crippen molar-refractivity contribution in [3.63, 3.8) is 0 Å². The number of hydrogen-bond donors (Lipinski definition) is 2. The first-order valence-corrected chi connectivity index (χ1v) is 9.89. The van der Waals surface area contributed by atoms with Crippen LogP contribution < -0.4 is 15.4 Å². The third kappa shape index (κ3) is 8.34. The summed E-state index contributed by atoms with van der Waals surface area (Å²) in [6.07, 6.45) is 2.06. The summed E-state index contributed by atoms with van der Waals surface area (Å²) in [5, 5.41) is 17.3. The summed E-state index contributed by atoms with van der Waals surface area (Å²) < 4.78 is 5.17. The van der Waals surface area contributed by atoms with E-state index in [0.717, 1.165) is 29.2 Å². The highest BCUT2D eigenvalue weighted by Crippen LogP contribution is 2.13. The van der Waals surface area contributed by atoms with E-state index in [1.54, 1.807) is 31.0 Å². The molecule has 2 rings (SSSR count). The van der Waals surface area contributed by atoms with Gasteiger partial charge in [-0.2, -0.15) is 11.8 Å². The lowest BCUT2D eigenvalue weighted by Crippen LogP contribution is -2.38. The fourth-order valence-electron chi connectivity index (χ4n) is 2.27. The van der Waals surface area contributed by atoms with Crippen LogP contribution in [-0.4, -0.2) is 36.5 Å². The molecule has 7 nitrogen and oxygen atoms in total. The third-order valence-electron chi connectivity index (χ3n) is 3.78. The number of benzene rings is 2. The fraction of sp³-hybridized carbons (Fsp3) is 0.316. The molecule has 0 aromatic heterocycles. The molecular weight excluding hydrogens is 491 g/mol. The van der Waals surface area contributed by atoms with E-state index in [0.29, 0.717) is 19.0 Å². The molecule has 0 aliphatic rings. The highest BCUT2D eigenvalue weighted by Gasteiger charge is 2.05. The predicted octanol–water partition coefficient (Wildman–Crippen LogP) is 3.82. The molecule has 0 heterocycles. The van der Waals surface area contributed by atoms with Gasteiger partial charge in [-0.1, -0.05) is 24.3 Å². The van der Waals surface area contributed by atoms with Crippen molar-refractivity contribution < 1.29 is 9.66 Å². The Balaban J connectivity index is 0.00000392. The zero-order valence-electron chi connectivity index (χ0n) is 15.9. The maximum atomic E-state index is 10.7. The number of thioether (sulfide) groups is 1. The van der Waals surface area contributed by atoms with Crippen LogP contribution in [0.15, 0.2) is 53.5 Å². The van der Waals surface area contributed by atoms with E-state index < -0.39 is 4.92 Å². The van der Waals surface area contributed by atoms with Gasteiger partial charge in [0.15, 0.2) is 5.96 Å². The number of hydrogen-bond acceptors (Lipinski definition) is 5. The summed E-state index contributed by atoms with van der Waals surface area (Å²) >= 11 is 1.76. The Bertz CT molecular complexity index is 755. The average Bonchev–Trinajstić information content (AvgIpc) is 2.70. The molecule has 0 atom stereocenters. The lowest BCUT2D eigenvalue weighted by atomic mass is 10.2. The molecule has 2 aromatic rings. The van der Waals surface area contributed by atoms with Crippen LogP contribution in [0.5, 0.6) is 5.75 Å². The second kappa shape index (κ2) is 13.2. The van der Waals surface area contributed by atoms with Crippen molar-refractivity contribution in [1.82, 2.24) is 10.6 Å². The minimum absolute atomic E-state index is 0. The zero-order valence-corrected chi connectivity index (χ0v) is 19.0. The van der Waals surface area contributed by atoms with Gasteiger partial charge in [-0.25, -0.2) is 4.99 Å². The van der Waals surface area contributed by atoms with E-state index in [9.17, 15) is 10.1 Å². The van der Waals surface area contributed by atoms with Gasteiger partial charge in [-0.15, -0.1) is 24.0 Å². The van der Waals surface area contributed by atoms with Gasteiger partial charge in [0.25, 0.3) is 5.69 Å². The molecule has 0 fully saturated rings. The van der Waals surface area contributed by atoms with Gasteiger partial charge < -0.3 is 15.4 Å². The summed E-state index contributed by atoms with van der Waals surface area (Å²) in [6.45, 7) is 1.88. The number of nitro benzene ring substituents is 1. The first kappa shape index (κ1) is 24.0. The molecule has 28 heavy (non-hydrogen) atoms. The Hall–Kier alpha value is -2.01. The molecule has 0 unspecified atom stereocenters. The largest absolute Gasteiger partial charge is 0.497 e. The highest BCUT2D eigenvalue weighted by atomic mass is 127. The summed E-state index contributed by atoms with van der Waals surface area (Å²) in [5.41, 5.74) is 2.12. The molecular formula is C19H25IN4O3S. The molecule has 9 heteroatoms. The van der Waals surface area contributed by atoms with Crippen LogP contribution in [0, 0.1) is 10.1 Å². The Morgan fingerprint density at radius 2 is 1.75 bits per heavy atom. The Morgan fingerprint density at radius 1 is 1.11 bits per heavy atom. The smallest absolute Gasteiger partial charge is 0.269 e. The number of guanidine groups is 1. The van der Waals surface area contributed by atoms with Crippen molar-refractivity contribution in [3.8, 4) is 5.75 Å². The number of non-ortho nitro benzene ring substituents is 1. The minimum atomic E-state index is -0.400. The van der Waals surface area contributed by atoms with Crippen molar-refractivity contribution in [3.05, 3.63) is 69.8 Å². The molecule has 0 radical (unpaired) electrons. The lowest BCUT2D eigenvalue weighted by molar-refractivity contribution is -0.384. The monoisotopic (exact) mass is 516 g/mol. The molecule has 152 valence electrons. The van der Waals surface area contributed by atoms with E-state index in [4.69, 9.17) is 4.74 Å². The molecule has 0 aliphatic carbocycles. The molecule has 2 aromatic carbocycles. The maximum Gasteiger partial charge on any atom is 0.269 e. The van der Waals surface area contributed by atoms with Crippen LogP contribution in [0.3, 0.4) is 0 Å². The third-order valence-corrected chi connectivity index (χ3v) is 4.40. The van der Waals surface area contributed by atoms with Gasteiger partial charge in [0.2, 0.25) is 0 Å². The molecule has 0 spiro atoms. The van der Waals surface area contributed by atoms with E-state index in [1.165, 1.54) is 12.1 Å². The Morgan fingerprint density at radius 3 is 2.32 bits per heavy atom. The molecule has 2 N–H and O–H groups in total. The standard InChI is InChI=1S/C19H24N4O3S.HI/c1-26-18-9-5-16(6-10-18)14-22-19(20-11-12-27-2)21-13-15-3-7-17(8-4-15)23(24)25;/h3-10H,11-14H2,1-2H3,(H2,20,21,22);1H. The van der Waals surface area contributed by atoms with Crippen LogP contribution in [-0.2, 0) is 13.1 Å². The van der Waals surface area contributed by atoms with Gasteiger partial charge in [-0.3, -0.25) is 10.1 Å². The first-order chi connectivity index (χ1) is 13.1. The summed E-state index contributed by atoms with van der Waals surface area (Å²) in [6, 6.07) is 14.3. The van der Waals surface area contributed by atoms with Crippen LogP contribution in [0.4, 0.5) is 5.69 Å². The van der Waals surface area contributed by atoms with E-state index in [1.807, 2.05) is 24.3 Å². The van der Waals surface area contributed by atoms with Crippen molar-refractivity contribution in [1.29, 1.82) is 0 Å². The number of nitrogens with zero attached hydrogens (tertiary/aromatic N) is 2. The van der Waals surface area contributed by atoms with Crippen LogP contribution in [0.25, 0.3) is 0 Å². The SMILES string of the molecule is COc1ccc(CN=C(NCCSC)NCc2ccc([N+](=O)[O-])cc2)cc1.I. The molecule has 0 bridgehead atoms. The van der Waals surface area contributed by atoms with Crippen molar-refractivity contribution in [2.24, 2.45) is 4.99 Å². The first-order valence-electron chi connectivity index (χ1n) is 8.49. The van der Waals surface area contributed by atoms with Crippen molar-refractivity contribution in [2.45, 2.75) is 13.1 Å². The number of ether oxygens (including phenoxy) is 1. The molecule has 0 aliphatic heterocycles. The van der Waals surface area contributed by atoms with Crippen LogP contribution in [0.1, 0.15) is 11.1 Å². The number of nitro groups is 1. The van der Waals surface area contributed by atoms with Gasteiger partial charge in [0.05, 0.1) is 18.6 Å². The van der Waals surface area contributed by atoms with E-state index >= 15 is 0 Å². The minimum Gasteiger partial charge on any atom is -0.497 e. The number of aliphatic imine (C=N–C) groups is 1. The average molecular weight is 516 g/mol. The number of rotatable bonds is 9. The molecule has 0 amide bonds. The Labute approximate surface area is 186 Å². The van der Waals surface area contributed by atoms with E-state index in [2.05, 4.69) is 21.9 Å². The summed E-state index contributed by atoms with van der Waals surface area (Å²) in [5.74, 6) is 2.50. The number of halogens is 1. The van der Waals surface area contributed by atoms with Gasteiger partial charge in [0, 0.05) is 31.0 Å². The van der Waals surface area contributed by atoms with Gasteiger partial charge in [-0.05, 0) is 29.5 Å². The van der Waals surface area contributed by atoms with Crippen molar-refractivity contribution in [2.75, 3.05) is 25.7 Å². The maximum absolute atomic E-state index is 10.7.